The second kappa shape index (κ2) is 6.33. The molecule has 25 heavy (non-hydrogen) atoms. The molecule has 0 saturated carbocycles. The Morgan fingerprint density at radius 3 is 3.12 bits per heavy atom. The van der Waals surface area contributed by atoms with Crippen molar-refractivity contribution in [3.8, 4) is 0 Å². The molecule has 7 heteroatoms. The van der Waals surface area contributed by atoms with Crippen molar-refractivity contribution in [3.05, 3.63) is 47.9 Å². The molecule has 3 heterocycles. The van der Waals surface area contributed by atoms with Gasteiger partial charge in [-0.3, -0.25) is 4.79 Å². The Kier molecular flexibility index (Phi) is 4.01. The van der Waals surface area contributed by atoms with Gasteiger partial charge in [0.05, 0.1) is 11.8 Å². The molecule has 0 spiro atoms. The summed E-state index contributed by atoms with van der Waals surface area (Å²) in [5.41, 5.74) is 2.20. The van der Waals surface area contributed by atoms with Gasteiger partial charge in [0.2, 0.25) is 0 Å². The van der Waals surface area contributed by atoms with Crippen LogP contribution in [0.3, 0.4) is 0 Å². The van der Waals surface area contributed by atoms with Gasteiger partial charge in [-0.15, -0.1) is 5.10 Å². The number of aliphatic hydroxyl groups excluding tert-OH is 1. The fraction of sp³-hybridized carbons (Fsp3) is 0.389. The van der Waals surface area contributed by atoms with Gasteiger partial charge in [-0.1, -0.05) is 5.21 Å². The Hall–Kier alpha value is -2.67. The number of aromatic nitrogens is 3. The van der Waals surface area contributed by atoms with Crippen molar-refractivity contribution in [3.63, 3.8) is 0 Å². The second-order valence-corrected chi connectivity index (χ2v) is 6.48. The third kappa shape index (κ3) is 2.91. The summed E-state index contributed by atoms with van der Waals surface area (Å²) < 4.78 is 6.95. The number of likely N-dealkylation sites (tertiary alicyclic amines) is 1. The normalized spacial score (nSPS) is 18.8. The first-order valence-corrected chi connectivity index (χ1v) is 8.45. The number of aryl methyl sites for hydroxylation is 1. The van der Waals surface area contributed by atoms with Gasteiger partial charge in [0.15, 0.2) is 0 Å². The number of rotatable bonds is 4. The standard InChI is InChI=1S/C18H20N4O3/c1-21-15-7-6-12(10-14(15)19-20-21)18(24)22-8-2-4-13(22)11-16(23)17-5-3-9-25-17/h3,5-7,9-10,13,16,23H,2,4,8,11H2,1H3/t13-,16+/m0/s1. The Morgan fingerprint density at radius 2 is 2.32 bits per heavy atom. The fourth-order valence-electron chi connectivity index (χ4n) is 3.54. The molecule has 130 valence electrons. The van der Waals surface area contributed by atoms with Crippen LogP contribution < -0.4 is 0 Å². The molecule has 0 aliphatic carbocycles. The number of carbonyl (C=O) groups is 1. The molecular formula is C18H20N4O3. The van der Waals surface area contributed by atoms with Crippen molar-refractivity contribution < 1.29 is 14.3 Å². The Morgan fingerprint density at radius 1 is 1.44 bits per heavy atom. The van der Waals surface area contributed by atoms with Gasteiger partial charge in [0, 0.05) is 31.6 Å². The van der Waals surface area contributed by atoms with Gasteiger partial charge in [0.25, 0.3) is 5.91 Å². The van der Waals surface area contributed by atoms with E-state index in [4.69, 9.17) is 4.42 Å². The summed E-state index contributed by atoms with van der Waals surface area (Å²) in [6.45, 7) is 0.701. The SMILES string of the molecule is Cn1nnc2cc(C(=O)N3CCC[C@H]3C[C@@H](O)c3ccco3)ccc21. The summed E-state index contributed by atoms with van der Waals surface area (Å²) in [4.78, 5) is 14.8. The monoisotopic (exact) mass is 340 g/mol. The van der Waals surface area contributed by atoms with Crippen LogP contribution in [0.15, 0.2) is 41.0 Å². The largest absolute Gasteiger partial charge is 0.467 e. The lowest BCUT2D eigenvalue weighted by molar-refractivity contribution is 0.0641. The van der Waals surface area contributed by atoms with E-state index in [0.29, 0.717) is 29.8 Å². The predicted octanol–water partition coefficient (Wildman–Crippen LogP) is 2.29. The molecule has 4 rings (SSSR count). The zero-order chi connectivity index (χ0) is 17.4. The Bertz CT molecular complexity index is 887. The minimum absolute atomic E-state index is 0.00477. The van der Waals surface area contributed by atoms with Crippen LogP contribution in [0.1, 0.15) is 41.5 Å². The molecular weight excluding hydrogens is 320 g/mol. The van der Waals surface area contributed by atoms with Gasteiger partial charge in [-0.05, 0) is 43.2 Å². The third-order valence-corrected chi connectivity index (χ3v) is 4.86. The maximum absolute atomic E-state index is 12.9. The third-order valence-electron chi connectivity index (χ3n) is 4.86. The van der Waals surface area contributed by atoms with Crippen molar-refractivity contribution in [2.45, 2.75) is 31.4 Å². The fourth-order valence-corrected chi connectivity index (χ4v) is 3.54. The van der Waals surface area contributed by atoms with Crippen LogP contribution >= 0.6 is 0 Å². The average molecular weight is 340 g/mol. The minimum Gasteiger partial charge on any atom is -0.467 e. The van der Waals surface area contributed by atoms with Crippen LogP contribution in [-0.2, 0) is 7.05 Å². The number of carbonyl (C=O) groups excluding carboxylic acids is 1. The van der Waals surface area contributed by atoms with E-state index in [0.717, 1.165) is 18.4 Å². The Balaban J connectivity index is 1.53. The number of hydrogen-bond donors (Lipinski definition) is 1. The highest BCUT2D eigenvalue weighted by atomic mass is 16.4. The molecule has 1 amide bonds. The minimum atomic E-state index is -0.698. The highest BCUT2D eigenvalue weighted by molar-refractivity contribution is 5.97. The first kappa shape index (κ1) is 15.8. The molecule has 1 aliphatic heterocycles. The van der Waals surface area contributed by atoms with Crippen molar-refractivity contribution in [2.75, 3.05) is 6.54 Å². The summed E-state index contributed by atoms with van der Waals surface area (Å²) in [6.07, 6.45) is 3.15. The van der Waals surface area contributed by atoms with E-state index in [1.54, 1.807) is 29.1 Å². The summed E-state index contributed by atoms with van der Waals surface area (Å²) >= 11 is 0. The van der Waals surface area contributed by atoms with E-state index in [9.17, 15) is 9.90 Å². The lowest BCUT2D eigenvalue weighted by atomic mass is 10.0. The number of nitrogens with zero attached hydrogens (tertiary/aromatic N) is 4. The lowest BCUT2D eigenvalue weighted by Crippen LogP contribution is -2.36. The quantitative estimate of drug-likeness (QED) is 0.788. The van der Waals surface area contributed by atoms with Gasteiger partial charge in [-0.25, -0.2) is 4.68 Å². The first-order chi connectivity index (χ1) is 12.1. The van der Waals surface area contributed by atoms with Crippen molar-refractivity contribution in [2.24, 2.45) is 7.05 Å². The average Bonchev–Trinajstić information content (AvgIpc) is 3.35. The van der Waals surface area contributed by atoms with Crippen LogP contribution in [0, 0.1) is 0 Å². The van der Waals surface area contributed by atoms with Crippen molar-refractivity contribution in [1.82, 2.24) is 19.9 Å². The number of hydrogen-bond acceptors (Lipinski definition) is 5. The zero-order valence-corrected chi connectivity index (χ0v) is 14.0. The second-order valence-electron chi connectivity index (χ2n) is 6.48. The summed E-state index contributed by atoms with van der Waals surface area (Å²) in [5, 5.41) is 18.4. The Labute approximate surface area is 144 Å². The molecule has 0 radical (unpaired) electrons. The summed E-state index contributed by atoms with van der Waals surface area (Å²) in [7, 11) is 1.82. The van der Waals surface area contributed by atoms with E-state index in [2.05, 4.69) is 10.3 Å². The van der Waals surface area contributed by atoms with Gasteiger partial charge >= 0.3 is 0 Å². The van der Waals surface area contributed by atoms with Gasteiger partial charge in [0.1, 0.15) is 17.4 Å². The predicted molar refractivity (Wildman–Crippen MR) is 90.9 cm³/mol. The molecule has 2 aromatic heterocycles. The van der Waals surface area contributed by atoms with E-state index in [1.165, 1.54) is 0 Å². The number of fused-ring (bicyclic) bond motifs is 1. The van der Waals surface area contributed by atoms with Crippen molar-refractivity contribution >= 4 is 16.9 Å². The molecule has 3 aromatic rings. The molecule has 1 N–H and O–H groups in total. The van der Waals surface area contributed by atoms with E-state index >= 15 is 0 Å². The van der Waals surface area contributed by atoms with E-state index < -0.39 is 6.10 Å². The number of aliphatic hydroxyl groups is 1. The van der Waals surface area contributed by atoms with E-state index in [-0.39, 0.29) is 11.9 Å². The van der Waals surface area contributed by atoms with Crippen LogP contribution in [0.5, 0.6) is 0 Å². The maximum atomic E-state index is 12.9. The zero-order valence-electron chi connectivity index (χ0n) is 14.0. The maximum Gasteiger partial charge on any atom is 0.254 e. The molecule has 2 atom stereocenters. The lowest BCUT2D eigenvalue weighted by Gasteiger charge is -2.26. The molecule has 1 saturated heterocycles. The highest BCUT2D eigenvalue weighted by Gasteiger charge is 2.32. The van der Waals surface area contributed by atoms with Crippen LogP contribution in [0.4, 0.5) is 0 Å². The molecule has 0 unspecified atom stereocenters. The first-order valence-electron chi connectivity index (χ1n) is 8.45. The van der Waals surface area contributed by atoms with Crippen LogP contribution in [-0.4, -0.2) is 43.5 Å². The van der Waals surface area contributed by atoms with Gasteiger partial charge < -0.3 is 14.4 Å². The van der Waals surface area contributed by atoms with Crippen LogP contribution in [0.25, 0.3) is 11.0 Å². The van der Waals surface area contributed by atoms with Gasteiger partial charge in [-0.2, -0.15) is 0 Å². The number of amides is 1. The number of furan rings is 1. The van der Waals surface area contributed by atoms with Crippen LogP contribution in [0.2, 0.25) is 0 Å². The van der Waals surface area contributed by atoms with E-state index in [1.807, 2.05) is 24.1 Å². The molecule has 1 fully saturated rings. The van der Waals surface area contributed by atoms with Crippen molar-refractivity contribution in [1.29, 1.82) is 0 Å². The molecule has 1 aliphatic rings. The highest BCUT2D eigenvalue weighted by Crippen LogP contribution is 2.29. The summed E-state index contributed by atoms with van der Waals surface area (Å²) in [5.74, 6) is 0.516. The molecule has 7 nitrogen and oxygen atoms in total. The molecule has 0 bridgehead atoms. The summed E-state index contributed by atoms with van der Waals surface area (Å²) in [6, 6.07) is 8.98. The molecule has 1 aromatic carbocycles. The number of benzene rings is 1. The topological polar surface area (TPSA) is 84.4 Å². The smallest absolute Gasteiger partial charge is 0.254 e.